The predicted octanol–water partition coefficient (Wildman–Crippen LogP) is 2.67. The van der Waals surface area contributed by atoms with E-state index < -0.39 is 28.9 Å². The molecule has 11 nitrogen and oxygen atoms in total. The lowest BCUT2D eigenvalue weighted by Crippen LogP contribution is -2.60. The van der Waals surface area contributed by atoms with Crippen molar-refractivity contribution in [1.82, 2.24) is 14.3 Å². The molecule has 40 heavy (non-hydrogen) atoms. The maximum Gasteiger partial charge on any atom is 0.304 e. The number of benzene rings is 1. The number of nitrogens with zero attached hydrogens (tertiary/aromatic N) is 4. The molecule has 3 aromatic rings. The smallest absolute Gasteiger partial charge is 0.304 e. The van der Waals surface area contributed by atoms with Crippen LogP contribution in [0.2, 0.25) is 0 Å². The summed E-state index contributed by atoms with van der Waals surface area (Å²) in [6.07, 6.45) is 1.45. The molecule has 0 saturated carbocycles. The Bertz CT molecular complexity index is 1420. The fourth-order valence-corrected chi connectivity index (χ4v) is 6.43. The molecule has 12 heteroatoms. The number of fused-ring (bicyclic) bond motifs is 1. The third-order valence-corrected chi connectivity index (χ3v) is 8.93. The largest absolute Gasteiger partial charge is 0.593 e. The van der Waals surface area contributed by atoms with E-state index in [1.807, 2.05) is 49.3 Å². The molecule has 212 valence electrons. The highest BCUT2D eigenvalue weighted by atomic mass is 32.2. The van der Waals surface area contributed by atoms with Crippen molar-refractivity contribution in [3.63, 3.8) is 0 Å². The first-order valence-electron chi connectivity index (χ1n) is 13.1. The topological polar surface area (TPSA) is 163 Å². The van der Waals surface area contributed by atoms with Crippen LogP contribution in [0.4, 0.5) is 11.4 Å². The van der Waals surface area contributed by atoms with Crippen LogP contribution in [0.1, 0.15) is 47.3 Å². The SMILES string of the molecule is CCN(N)c1ccc(C(CC(=O)O)c2ccc(C)c(CN3CC4(COC4)Oc4ncccc4[S+]3[O-])n2)c(C)c1N. The molecular formula is C28H34N6O5S. The zero-order chi connectivity index (χ0) is 28.6. The number of anilines is 2. The van der Waals surface area contributed by atoms with Crippen molar-refractivity contribution >= 4 is 28.7 Å². The second kappa shape index (κ2) is 11.2. The molecular weight excluding hydrogens is 532 g/mol. The summed E-state index contributed by atoms with van der Waals surface area (Å²) in [4.78, 5) is 21.7. The van der Waals surface area contributed by atoms with Gasteiger partial charge in [0.05, 0.1) is 61.2 Å². The molecule has 2 atom stereocenters. The Labute approximate surface area is 236 Å². The van der Waals surface area contributed by atoms with Crippen LogP contribution < -0.4 is 21.3 Å². The van der Waals surface area contributed by atoms with Gasteiger partial charge in [-0.15, -0.1) is 4.31 Å². The Morgan fingerprint density at radius 2 is 2.05 bits per heavy atom. The summed E-state index contributed by atoms with van der Waals surface area (Å²) in [5, 5.41) is 11.4. The van der Waals surface area contributed by atoms with Gasteiger partial charge in [-0.2, -0.15) is 0 Å². The van der Waals surface area contributed by atoms with Crippen molar-refractivity contribution in [2.45, 2.75) is 50.2 Å². The Balaban J connectivity index is 1.51. The van der Waals surface area contributed by atoms with Gasteiger partial charge in [-0.05, 0) is 55.7 Å². The number of ether oxygens (including phenoxy) is 2. The molecule has 1 aromatic carbocycles. The number of aromatic nitrogens is 2. The Hall–Kier alpha value is -3.42. The van der Waals surface area contributed by atoms with Crippen molar-refractivity contribution < 1.29 is 23.9 Å². The third-order valence-electron chi connectivity index (χ3n) is 7.51. The van der Waals surface area contributed by atoms with Crippen molar-refractivity contribution in [1.29, 1.82) is 0 Å². The average molecular weight is 567 g/mol. The minimum absolute atomic E-state index is 0.168. The van der Waals surface area contributed by atoms with E-state index >= 15 is 0 Å². The third kappa shape index (κ3) is 5.32. The van der Waals surface area contributed by atoms with Gasteiger partial charge in [-0.3, -0.25) is 9.78 Å². The number of hydrogen-bond donors (Lipinski definition) is 3. The summed E-state index contributed by atoms with van der Waals surface area (Å²) < 4.78 is 27.2. The van der Waals surface area contributed by atoms with Crippen LogP contribution in [0.5, 0.6) is 5.88 Å². The number of aliphatic carboxylic acids is 1. The van der Waals surface area contributed by atoms with Crippen molar-refractivity contribution in [3.05, 3.63) is 70.7 Å². The Morgan fingerprint density at radius 1 is 1.27 bits per heavy atom. The fraction of sp³-hybridized carbons (Fsp3) is 0.393. The van der Waals surface area contributed by atoms with E-state index in [0.29, 0.717) is 59.8 Å². The minimum atomic E-state index is -1.55. The number of carbonyl (C=O) groups is 1. The van der Waals surface area contributed by atoms with Crippen LogP contribution in [0.3, 0.4) is 0 Å². The van der Waals surface area contributed by atoms with Gasteiger partial charge in [-0.25, -0.2) is 10.8 Å². The summed E-state index contributed by atoms with van der Waals surface area (Å²) in [7, 11) is 0. The van der Waals surface area contributed by atoms with Crippen LogP contribution >= 0.6 is 0 Å². The molecule has 0 aliphatic carbocycles. The zero-order valence-electron chi connectivity index (χ0n) is 22.8. The lowest BCUT2D eigenvalue weighted by Gasteiger charge is -2.40. The molecule has 2 aromatic heterocycles. The number of aryl methyl sites for hydroxylation is 1. The molecule has 0 radical (unpaired) electrons. The molecule has 2 unspecified atom stereocenters. The zero-order valence-corrected chi connectivity index (χ0v) is 23.6. The lowest BCUT2D eigenvalue weighted by atomic mass is 9.87. The number of hydrogen-bond acceptors (Lipinski definition) is 10. The quantitative estimate of drug-likeness (QED) is 0.159. The molecule has 1 spiro atoms. The molecule has 5 rings (SSSR count). The summed E-state index contributed by atoms with van der Waals surface area (Å²) in [5.41, 5.74) is 10.7. The van der Waals surface area contributed by atoms with Crippen molar-refractivity contribution in [2.24, 2.45) is 5.84 Å². The van der Waals surface area contributed by atoms with E-state index in [4.69, 9.17) is 26.0 Å². The average Bonchev–Trinajstić information content (AvgIpc) is 3.04. The Morgan fingerprint density at radius 3 is 2.73 bits per heavy atom. The highest BCUT2D eigenvalue weighted by Gasteiger charge is 2.50. The van der Waals surface area contributed by atoms with Gasteiger partial charge in [0.25, 0.3) is 5.88 Å². The number of carboxylic acid groups (broad SMARTS) is 1. The molecule has 2 aliphatic rings. The summed E-state index contributed by atoms with van der Waals surface area (Å²) in [6, 6.07) is 10.9. The van der Waals surface area contributed by atoms with Gasteiger partial charge in [0.1, 0.15) is 0 Å². The van der Waals surface area contributed by atoms with Crippen molar-refractivity contribution in [3.8, 4) is 5.88 Å². The molecule has 1 saturated heterocycles. The van der Waals surface area contributed by atoms with Crippen LogP contribution in [-0.2, 0) is 27.4 Å². The van der Waals surface area contributed by atoms with E-state index in [-0.39, 0.29) is 13.0 Å². The maximum atomic E-state index is 13.7. The summed E-state index contributed by atoms with van der Waals surface area (Å²) >= 11 is -1.55. The molecule has 0 amide bonds. The normalized spacial score (nSPS) is 18.8. The summed E-state index contributed by atoms with van der Waals surface area (Å²) in [6.45, 7) is 7.68. The number of nitrogens with two attached hydrogens (primary N) is 2. The van der Waals surface area contributed by atoms with E-state index in [1.165, 1.54) is 0 Å². The van der Waals surface area contributed by atoms with Crippen LogP contribution in [0, 0.1) is 13.8 Å². The molecule has 1 fully saturated rings. The minimum Gasteiger partial charge on any atom is -0.593 e. The first-order chi connectivity index (χ1) is 19.1. The number of nitrogen functional groups attached to an aromatic ring is 1. The van der Waals surface area contributed by atoms with E-state index in [2.05, 4.69) is 4.98 Å². The van der Waals surface area contributed by atoms with Gasteiger partial charge >= 0.3 is 5.97 Å². The van der Waals surface area contributed by atoms with Crippen LogP contribution in [0.15, 0.2) is 47.5 Å². The number of carboxylic acids is 1. The number of rotatable bonds is 8. The van der Waals surface area contributed by atoms with Crippen molar-refractivity contribution in [2.75, 3.05) is 37.0 Å². The van der Waals surface area contributed by atoms with Crippen LogP contribution in [-0.4, -0.2) is 61.8 Å². The maximum absolute atomic E-state index is 13.7. The highest BCUT2D eigenvalue weighted by molar-refractivity contribution is 7.89. The van der Waals surface area contributed by atoms with Gasteiger partial charge in [-0.1, -0.05) is 12.1 Å². The van der Waals surface area contributed by atoms with Gasteiger partial charge in [0.15, 0.2) is 5.60 Å². The molecule has 5 N–H and O–H groups in total. The standard InChI is InChI=1S/C28H34N6O5S/c1-4-34(30)23-10-8-19(18(3)26(23)29)20(12-25(35)36)21-9-7-17(2)22(32-21)13-33-14-28(15-38-16-28)39-27-24(40(33)37)6-5-11-31-27/h5-11,20H,4,12-16,29-30H2,1-3H3,(H,35,36). The fourth-order valence-electron chi connectivity index (χ4n) is 5.12. The van der Waals surface area contributed by atoms with E-state index in [1.54, 1.807) is 23.3 Å². The molecule has 2 aliphatic heterocycles. The van der Waals surface area contributed by atoms with Crippen LogP contribution in [0.25, 0.3) is 0 Å². The summed E-state index contributed by atoms with van der Waals surface area (Å²) in [5.74, 6) is 4.94. The highest BCUT2D eigenvalue weighted by Crippen LogP contribution is 2.38. The second-order valence-electron chi connectivity index (χ2n) is 10.3. The first kappa shape index (κ1) is 28.1. The van der Waals surface area contributed by atoms with Gasteiger partial charge in [0, 0.05) is 30.4 Å². The van der Waals surface area contributed by atoms with E-state index in [0.717, 1.165) is 16.7 Å². The molecule has 0 bridgehead atoms. The van der Waals surface area contributed by atoms with Gasteiger partial charge < -0.3 is 29.9 Å². The molecule has 4 heterocycles. The lowest BCUT2D eigenvalue weighted by molar-refractivity contribution is -0.166. The van der Waals surface area contributed by atoms with Gasteiger partial charge in [0.2, 0.25) is 4.90 Å². The number of hydrazine groups is 1. The predicted molar refractivity (Wildman–Crippen MR) is 151 cm³/mol. The first-order valence-corrected chi connectivity index (χ1v) is 14.2. The van der Waals surface area contributed by atoms with E-state index in [9.17, 15) is 14.5 Å². The Kier molecular flexibility index (Phi) is 7.89. The second-order valence-corrected chi connectivity index (χ2v) is 11.7. The monoisotopic (exact) mass is 566 g/mol. The number of pyridine rings is 2.